The Morgan fingerprint density at radius 3 is 2.42 bits per heavy atom. The van der Waals surface area contributed by atoms with E-state index in [9.17, 15) is 19.5 Å². The van der Waals surface area contributed by atoms with Gasteiger partial charge in [-0.2, -0.15) is 5.10 Å². The summed E-state index contributed by atoms with van der Waals surface area (Å²) < 4.78 is 6.93. The summed E-state index contributed by atoms with van der Waals surface area (Å²) in [6.07, 6.45) is 6.72. The van der Waals surface area contributed by atoms with Gasteiger partial charge in [0.1, 0.15) is 17.7 Å². The lowest BCUT2D eigenvalue weighted by molar-refractivity contribution is -0.133. The molecular formula is C26H45N5O5. The molecule has 1 saturated carbocycles. The van der Waals surface area contributed by atoms with Gasteiger partial charge in [0.2, 0.25) is 5.91 Å². The van der Waals surface area contributed by atoms with Crippen molar-refractivity contribution in [3.8, 4) is 0 Å². The first-order chi connectivity index (χ1) is 16.9. The van der Waals surface area contributed by atoms with Gasteiger partial charge in [0.05, 0.1) is 12.6 Å². The molecule has 0 aromatic carbocycles. The Morgan fingerprint density at radius 2 is 1.86 bits per heavy atom. The zero-order valence-corrected chi connectivity index (χ0v) is 22.4. The van der Waals surface area contributed by atoms with Crippen molar-refractivity contribution in [3.63, 3.8) is 0 Å². The van der Waals surface area contributed by atoms with Crippen molar-refractivity contribution < 1.29 is 24.2 Å². The standard InChI is InChI=1S/C26H45N5O5/c1-17(2)15-28-24(34)21(27)23(33)19(14-18-10-7-6-8-11-18)22(32)20(16-31-13-9-12-29-31)30-25(35)36-26(3,4)5/h9,12-13,17-21,23,33H,6-8,10-11,14-16,27H2,1-5H3,(H,28,34)(H,30,35)/t19-,20+,21?,23+/m1/s1. The average molecular weight is 508 g/mol. The molecule has 0 spiro atoms. The molecule has 2 rings (SSSR count). The number of aliphatic hydroxyl groups excluding tert-OH is 1. The first-order valence-electron chi connectivity index (χ1n) is 13.1. The minimum atomic E-state index is -1.40. The molecule has 0 aliphatic heterocycles. The fourth-order valence-electron chi connectivity index (χ4n) is 4.54. The summed E-state index contributed by atoms with van der Waals surface area (Å²) in [5, 5.41) is 20.8. The molecule has 0 bridgehead atoms. The summed E-state index contributed by atoms with van der Waals surface area (Å²) in [5.74, 6) is -1.36. The largest absolute Gasteiger partial charge is 0.444 e. The molecule has 1 aliphatic rings. The van der Waals surface area contributed by atoms with Crippen LogP contribution in [0.25, 0.3) is 0 Å². The number of ether oxygens (including phenoxy) is 1. The van der Waals surface area contributed by atoms with Crippen molar-refractivity contribution in [1.82, 2.24) is 20.4 Å². The highest BCUT2D eigenvalue weighted by Gasteiger charge is 2.40. The molecule has 5 N–H and O–H groups in total. The summed E-state index contributed by atoms with van der Waals surface area (Å²) in [6, 6.07) is -0.569. The third-order valence-corrected chi connectivity index (χ3v) is 6.41. The molecule has 1 aromatic rings. The quantitative estimate of drug-likeness (QED) is 0.339. The van der Waals surface area contributed by atoms with Crippen LogP contribution in [0.5, 0.6) is 0 Å². The van der Waals surface area contributed by atoms with Crippen LogP contribution in [0.1, 0.15) is 73.1 Å². The minimum Gasteiger partial charge on any atom is -0.444 e. The molecule has 1 fully saturated rings. The van der Waals surface area contributed by atoms with Crippen LogP contribution in [0.15, 0.2) is 18.5 Å². The second-order valence-electron chi connectivity index (χ2n) is 11.3. The summed E-state index contributed by atoms with van der Waals surface area (Å²) in [7, 11) is 0. The molecule has 1 heterocycles. The van der Waals surface area contributed by atoms with Crippen LogP contribution < -0.4 is 16.4 Å². The lowest BCUT2D eigenvalue weighted by Gasteiger charge is -2.33. The fraction of sp³-hybridized carbons (Fsp3) is 0.769. The number of Topliss-reactive ketones (excluding diaryl/α,β-unsaturated/α-hetero) is 1. The van der Waals surface area contributed by atoms with Crippen LogP contribution in [0, 0.1) is 17.8 Å². The number of alkyl carbamates (subject to hydrolysis) is 1. The molecular weight excluding hydrogens is 462 g/mol. The van der Waals surface area contributed by atoms with E-state index in [1.165, 1.54) is 0 Å². The Kier molecular flexibility index (Phi) is 11.4. The number of aromatic nitrogens is 2. The van der Waals surface area contributed by atoms with E-state index in [0.717, 1.165) is 32.1 Å². The maximum atomic E-state index is 13.9. The van der Waals surface area contributed by atoms with Gasteiger partial charge in [-0.25, -0.2) is 4.79 Å². The number of ketones is 1. The van der Waals surface area contributed by atoms with E-state index in [2.05, 4.69) is 15.7 Å². The van der Waals surface area contributed by atoms with Gasteiger partial charge in [0, 0.05) is 24.9 Å². The van der Waals surface area contributed by atoms with Crippen LogP contribution >= 0.6 is 0 Å². The normalized spacial score (nSPS) is 18.2. The van der Waals surface area contributed by atoms with E-state index in [1.807, 2.05) is 13.8 Å². The van der Waals surface area contributed by atoms with E-state index in [0.29, 0.717) is 13.0 Å². The predicted molar refractivity (Wildman–Crippen MR) is 137 cm³/mol. The van der Waals surface area contributed by atoms with Gasteiger partial charge in [-0.3, -0.25) is 14.3 Å². The highest BCUT2D eigenvalue weighted by atomic mass is 16.6. The van der Waals surface area contributed by atoms with Gasteiger partial charge < -0.3 is 26.2 Å². The number of rotatable bonds is 12. The zero-order chi connectivity index (χ0) is 26.9. The van der Waals surface area contributed by atoms with E-state index in [1.54, 1.807) is 43.9 Å². The van der Waals surface area contributed by atoms with E-state index < -0.39 is 41.7 Å². The van der Waals surface area contributed by atoms with Crippen LogP contribution in [0.4, 0.5) is 4.79 Å². The van der Waals surface area contributed by atoms with Crippen molar-refractivity contribution in [2.24, 2.45) is 23.5 Å². The molecule has 10 heteroatoms. The number of nitrogens with two attached hydrogens (primary N) is 1. The number of hydrogen-bond acceptors (Lipinski definition) is 7. The molecule has 1 unspecified atom stereocenters. The Morgan fingerprint density at radius 1 is 1.19 bits per heavy atom. The number of carbonyl (C=O) groups excluding carboxylic acids is 3. The molecule has 204 valence electrons. The number of carbonyl (C=O) groups is 3. The van der Waals surface area contributed by atoms with Crippen molar-refractivity contribution >= 4 is 17.8 Å². The van der Waals surface area contributed by atoms with Crippen LogP contribution in [-0.4, -0.2) is 63.0 Å². The van der Waals surface area contributed by atoms with Crippen LogP contribution in [0.3, 0.4) is 0 Å². The lowest BCUT2D eigenvalue weighted by atomic mass is 9.77. The van der Waals surface area contributed by atoms with Crippen molar-refractivity contribution in [3.05, 3.63) is 18.5 Å². The Bertz CT molecular complexity index is 830. The zero-order valence-electron chi connectivity index (χ0n) is 22.4. The molecule has 10 nitrogen and oxygen atoms in total. The van der Waals surface area contributed by atoms with Gasteiger partial charge in [-0.05, 0) is 45.1 Å². The van der Waals surface area contributed by atoms with Crippen molar-refractivity contribution in [1.29, 1.82) is 0 Å². The highest BCUT2D eigenvalue weighted by molar-refractivity contribution is 5.91. The third kappa shape index (κ3) is 9.89. The smallest absolute Gasteiger partial charge is 0.408 e. The van der Waals surface area contributed by atoms with E-state index >= 15 is 0 Å². The number of hydrogen-bond donors (Lipinski definition) is 4. The molecule has 4 atom stereocenters. The first-order valence-corrected chi connectivity index (χ1v) is 13.1. The minimum absolute atomic E-state index is 0.0632. The molecule has 1 aliphatic carbocycles. The van der Waals surface area contributed by atoms with Gasteiger partial charge in [0.25, 0.3) is 0 Å². The second kappa shape index (κ2) is 13.7. The maximum Gasteiger partial charge on any atom is 0.408 e. The molecule has 0 saturated heterocycles. The monoisotopic (exact) mass is 507 g/mol. The van der Waals surface area contributed by atoms with Gasteiger partial charge >= 0.3 is 6.09 Å². The van der Waals surface area contributed by atoms with Crippen LogP contribution in [-0.2, 0) is 20.9 Å². The van der Waals surface area contributed by atoms with Crippen LogP contribution in [0.2, 0.25) is 0 Å². The molecule has 2 amide bonds. The van der Waals surface area contributed by atoms with E-state index in [-0.39, 0.29) is 24.2 Å². The summed E-state index contributed by atoms with van der Waals surface area (Å²) in [6.45, 7) is 9.61. The predicted octanol–water partition coefficient (Wildman–Crippen LogP) is 2.39. The number of amides is 2. The van der Waals surface area contributed by atoms with Crippen molar-refractivity contribution in [2.45, 2.75) is 103 Å². The van der Waals surface area contributed by atoms with Gasteiger partial charge in [0.15, 0.2) is 5.78 Å². The Labute approximate surface area is 214 Å². The number of nitrogens with one attached hydrogen (secondary N) is 2. The van der Waals surface area contributed by atoms with E-state index in [4.69, 9.17) is 10.5 Å². The van der Waals surface area contributed by atoms with Gasteiger partial charge in [-0.1, -0.05) is 46.0 Å². The first kappa shape index (κ1) is 29.8. The molecule has 36 heavy (non-hydrogen) atoms. The maximum absolute atomic E-state index is 13.9. The average Bonchev–Trinajstić information content (AvgIpc) is 3.31. The number of nitrogens with zero attached hydrogens (tertiary/aromatic N) is 2. The van der Waals surface area contributed by atoms with Crippen molar-refractivity contribution in [2.75, 3.05) is 6.54 Å². The summed E-state index contributed by atoms with van der Waals surface area (Å²) in [4.78, 5) is 39.2. The Balaban J connectivity index is 2.28. The third-order valence-electron chi connectivity index (χ3n) is 6.41. The molecule has 1 aromatic heterocycles. The lowest BCUT2D eigenvalue weighted by Crippen LogP contribution is -2.56. The second-order valence-corrected chi connectivity index (χ2v) is 11.3. The highest BCUT2D eigenvalue weighted by Crippen LogP contribution is 2.31. The van der Waals surface area contributed by atoms with Gasteiger partial charge in [-0.15, -0.1) is 0 Å². The fourth-order valence-corrected chi connectivity index (χ4v) is 4.54. The summed E-state index contributed by atoms with van der Waals surface area (Å²) in [5.41, 5.74) is 5.42. The topological polar surface area (TPSA) is 149 Å². The summed E-state index contributed by atoms with van der Waals surface area (Å²) >= 11 is 0. The number of aliphatic hydroxyl groups is 1. The SMILES string of the molecule is CC(C)CNC(=O)C(N)[C@@H](O)[C@H](CC1CCCCC1)C(=O)[C@H](Cn1cccn1)NC(=O)OC(C)(C)C. The molecule has 0 radical (unpaired) electrons. The Hall–Kier alpha value is -2.46.